The van der Waals surface area contributed by atoms with Crippen LogP contribution in [0.2, 0.25) is 0 Å². The fourth-order valence-corrected chi connectivity index (χ4v) is 2.09. The molecule has 0 bridgehead atoms. The number of ether oxygens (including phenoxy) is 1. The molecular formula is C12H17NO2. The second-order valence-corrected chi connectivity index (χ2v) is 4.00. The molecule has 0 aromatic heterocycles. The fourth-order valence-electron chi connectivity index (χ4n) is 2.09. The van der Waals surface area contributed by atoms with Gasteiger partial charge in [0.1, 0.15) is 5.75 Å². The molecule has 1 saturated heterocycles. The summed E-state index contributed by atoms with van der Waals surface area (Å²) in [5, 5.41) is 10.7. The van der Waals surface area contributed by atoms with Crippen molar-refractivity contribution in [2.24, 2.45) is 0 Å². The Kier molecular flexibility index (Phi) is 3.23. The normalized spacial score (nSPS) is 19.1. The van der Waals surface area contributed by atoms with Crippen molar-refractivity contribution in [3.8, 4) is 5.75 Å². The summed E-state index contributed by atoms with van der Waals surface area (Å²) >= 11 is 0. The van der Waals surface area contributed by atoms with Crippen LogP contribution in [0.5, 0.6) is 5.75 Å². The standard InChI is InChI=1S/C12H17NO2/c1-15-12-4-2-3-11(9-12)10-5-7-13(14)8-6-10/h2-4,9-10,14H,5-8H2,1H3. The smallest absolute Gasteiger partial charge is 0.119 e. The number of hydroxylamine groups is 2. The van der Waals surface area contributed by atoms with Crippen molar-refractivity contribution in [3.05, 3.63) is 29.8 Å². The molecule has 1 aromatic carbocycles. The van der Waals surface area contributed by atoms with Gasteiger partial charge in [0.2, 0.25) is 0 Å². The summed E-state index contributed by atoms with van der Waals surface area (Å²) in [7, 11) is 1.69. The van der Waals surface area contributed by atoms with E-state index in [2.05, 4.69) is 12.1 Å². The van der Waals surface area contributed by atoms with Crippen molar-refractivity contribution in [1.82, 2.24) is 5.06 Å². The van der Waals surface area contributed by atoms with Gasteiger partial charge in [0, 0.05) is 13.1 Å². The van der Waals surface area contributed by atoms with E-state index in [1.165, 1.54) is 10.6 Å². The second kappa shape index (κ2) is 4.64. The Labute approximate surface area is 90.2 Å². The van der Waals surface area contributed by atoms with Gasteiger partial charge in [0.25, 0.3) is 0 Å². The molecule has 1 aromatic rings. The molecule has 1 N–H and O–H groups in total. The fraction of sp³-hybridized carbons (Fsp3) is 0.500. The van der Waals surface area contributed by atoms with E-state index in [9.17, 15) is 5.21 Å². The van der Waals surface area contributed by atoms with Crippen molar-refractivity contribution >= 4 is 0 Å². The Morgan fingerprint density at radius 3 is 2.73 bits per heavy atom. The summed E-state index contributed by atoms with van der Waals surface area (Å²) in [5.41, 5.74) is 1.32. The van der Waals surface area contributed by atoms with Gasteiger partial charge in [-0.3, -0.25) is 0 Å². The Balaban J connectivity index is 2.08. The van der Waals surface area contributed by atoms with E-state index < -0.39 is 0 Å². The zero-order chi connectivity index (χ0) is 10.7. The van der Waals surface area contributed by atoms with Gasteiger partial charge in [-0.15, -0.1) is 0 Å². The molecule has 0 amide bonds. The maximum atomic E-state index is 9.28. The van der Waals surface area contributed by atoms with Crippen LogP contribution in [0.25, 0.3) is 0 Å². The van der Waals surface area contributed by atoms with Crippen LogP contribution in [0.1, 0.15) is 24.3 Å². The molecule has 82 valence electrons. The molecular weight excluding hydrogens is 190 g/mol. The van der Waals surface area contributed by atoms with Gasteiger partial charge in [-0.25, -0.2) is 0 Å². The third-order valence-corrected chi connectivity index (χ3v) is 3.04. The van der Waals surface area contributed by atoms with E-state index in [0.29, 0.717) is 5.92 Å². The van der Waals surface area contributed by atoms with Crippen LogP contribution in [0.3, 0.4) is 0 Å². The predicted molar refractivity (Wildman–Crippen MR) is 58.3 cm³/mol. The van der Waals surface area contributed by atoms with Crippen molar-refractivity contribution in [2.75, 3.05) is 20.2 Å². The van der Waals surface area contributed by atoms with Crippen LogP contribution in [-0.4, -0.2) is 30.5 Å². The lowest BCUT2D eigenvalue weighted by Gasteiger charge is -2.27. The van der Waals surface area contributed by atoms with E-state index in [1.807, 2.05) is 12.1 Å². The van der Waals surface area contributed by atoms with Crippen molar-refractivity contribution in [1.29, 1.82) is 0 Å². The van der Waals surface area contributed by atoms with Crippen LogP contribution in [0.15, 0.2) is 24.3 Å². The number of nitrogens with zero attached hydrogens (tertiary/aromatic N) is 1. The van der Waals surface area contributed by atoms with Crippen molar-refractivity contribution in [3.63, 3.8) is 0 Å². The number of hydrogen-bond donors (Lipinski definition) is 1. The Morgan fingerprint density at radius 2 is 2.07 bits per heavy atom. The first-order valence-corrected chi connectivity index (χ1v) is 5.37. The van der Waals surface area contributed by atoms with E-state index >= 15 is 0 Å². The summed E-state index contributed by atoms with van der Waals surface area (Å²) in [6, 6.07) is 8.22. The summed E-state index contributed by atoms with van der Waals surface area (Å²) in [4.78, 5) is 0. The molecule has 0 unspecified atom stereocenters. The molecule has 0 saturated carbocycles. The highest BCUT2D eigenvalue weighted by atomic mass is 16.5. The topological polar surface area (TPSA) is 32.7 Å². The first kappa shape index (κ1) is 10.5. The molecule has 1 aliphatic rings. The third-order valence-electron chi connectivity index (χ3n) is 3.04. The quantitative estimate of drug-likeness (QED) is 0.807. The molecule has 0 radical (unpaired) electrons. The van der Waals surface area contributed by atoms with Gasteiger partial charge >= 0.3 is 0 Å². The molecule has 3 heteroatoms. The highest BCUT2D eigenvalue weighted by Gasteiger charge is 2.19. The second-order valence-electron chi connectivity index (χ2n) is 4.00. The van der Waals surface area contributed by atoms with Crippen LogP contribution < -0.4 is 4.74 Å². The van der Waals surface area contributed by atoms with Crippen LogP contribution in [0, 0.1) is 0 Å². The monoisotopic (exact) mass is 207 g/mol. The molecule has 1 fully saturated rings. The number of hydrogen-bond acceptors (Lipinski definition) is 3. The van der Waals surface area contributed by atoms with Gasteiger partial charge in [0.05, 0.1) is 7.11 Å². The number of methoxy groups -OCH3 is 1. The zero-order valence-electron chi connectivity index (χ0n) is 9.02. The molecule has 0 atom stereocenters. The van der Waals surface area contributed by atoms with E-state index in [4.69, 9.17) is 4.74 Å². The van der Waals surface area contributed by atoms with E-state index in [0.717, 1.165) is 31.7 Å². The average molecular weight is 207 g/mol. The van der Waals surface area contributed by atoms with Gasteiger partial charge in [-0.1, -0.05) is 12.1 Å². The van der Waals surface area contributed by atoms with Crippen molar-refractivity contribution < 1.29 is 9.94 Å². The molecule has 15 heavy (non-hydrogen) atoms. The molecule has 2 rings (SSSR count). The SMILES string of the molecule is COc1cccc(C2CCN(O)CC2)c1. The molecule has 1 heterocycles. The highest BCUT2D eigenvalue weighted by Crippen LogP contribution is 2.29. The molecule has 0 spiro atoms. The summed E-state index contributed by atoms with van der Waals surface area (Å²) in [5.74, 6) is 1.47. The Hall–Kier alpha value is -1.06. The largest absolute Gasteiger partial charge is 0.497 e. The minimum Gasteiger partial charge on any atom is -0.497 e. The number of piperidine rings is 1. The Bertz CT molecular complexity index is 319. The Morgan fingerprint density at radius 1 is 1.33 bits per heavy atom. The lowest BCUT2D eigenvalue weighted by Crippen LogP contribution is -2.29. The van der Waals surface area contributed by atoms with E-state index in [1.54, 1.807) is 7.11 Å². The minimum atomic E-state index is 0.559. The van der Waals surface area contributed by atoms with Crippen LogP contribution in [0.4, 0.5) is 0 Å². The molecule has 1 aliphatic heterocycles. The number of benzene rings is 1. The maximum Gasteiger partial charge on any atom is 0.119 e. The summed E-state index contributed by atoms with van der Waals surface area (Å²) in [6.07, 6.45) is 2.04. The van der Waals surface area contributed by atoms with Gasteiger partial charge in [-0.05, 0) is 36.5 Å². The first-order valence-electron chi connectivity index (χ1n) is 5.37. The lowest BCUT2D eigenvalue weighted by molar-refractivity contribution is -0.106. The van der Waals surface area contributed by atoms with Crippen LogP contribution in [-0.2, 0) is 0 Å². The molecule has 0 aliphatic carbocycles. The third kappa shape index (κ3) is 2.49. The number of rotatable bonds is 2. The van der Waals surface area contributed by atoms with Gasteiger partial charge in [0.15, 0.2) is 0 Å². The maximum absolute atomic E-state index is 9.28. The highest BCUT2D eigenvalue weighted by molar-refractivity contribution is 5.31. The first-order chi connectivity index (χ1) is 7.29. The van der Waals surface area contributed by atoms with E-state index in [-0.39, 0.29) is 0 Å². The molecule has 3 nitrogen and oxygen atoms in total. The van der Waals surface area contributed by atoms with Crippen LogP contribution >= 0.6 is 0 Å². The average Bonchev–Trinajstić information content (AvgIpc) is 2.30. The zero-order valence-corrected chi connectivity index (χ0v) is 9.02. The predicted octanol–water partition coefficient (Wildman–Crippen LogP) is 2.26. The minimum absolute atomic E-state index is 0.559. The van der Waals surface area contributed by atoms with Crippen molar-refractivity contribution in [2.45, 2.75) is 18.8 Å². The van der Waals surface area contributed by atoms with Gasteiger partial charge < -0.3 is 9.94 Å². The summed E-state index contributed by atoms with van der Waals surface area (Å²) in [6.45, 7) is 1.53. The summed E-state index contributed by atoms with van der Waals surface area (Å²) < 4.78 is 5.21. The van der Waals surface area contributed by atoms with Gasteiger partial charge in [-0.2, -0.15) is 5.06 Å². The lowest BCUT2D eigenvalue weighted by atomic mass is 9.90.